The van der Waals surface area contributed by atoms with Crippen molar-refractivity contribution >= 4 is 16.1 Å². The largest absolute Gasteiger partial charge is 0.491 e. The fourth-order valence-corrected chi connectivity index (χ4v) is 1.69. The van der Waals surface area contributed by atoms with Crippen molar-refractivity contribution in [3.63, 3.8) is 0 Å². The zero-order valence-electron chi connectivity index (χ0n) is 9.13. The van der Waals surface area contributed by atoms with E-state index in [1.54, 1.807) is 0 Å². The molecule has 0 spiro atoms. The minimum atomic E-state index is -5.78. The summed E-state index contributed by atoms with van der Waals surface area (Å²) in [6.45, 7) is 0. The van der Waals surface area contributed by atoms with Gasteiger partial charge in [-0.15, -0.1) is 0 Å². The predicted molar refractivity (Wildman–Crippen MR) is 47.8 cm³/mol. The summed E-state index contributed by atoms with van der Waals surface area (Å²) in [6.07, 6.45) is -5.74. The molecule has 0 saturated carbocycles. The molecule has 118 valence electrons. The highest BCUT2D eigenvalue weighted by Gasteiger charge is 2.43. The van der Waals surface area contributed by atoms with Crippen LogP contribution in [0.3, 0.4) is 0 Å². The number of hydrogen-bond donors (Lipinski definition) is 1. The second-order valence-corrected chi connectivity index (χ2v) is 4.63. The maximum atomic E-state index is 13.2. The number of hydrogen-bond acceptors (Lipinski definition) is 4. The van der Waals surface area contributed by atoms with Gasteiger partial charge >= 0.3 is 22.3 Å². The lowest BCUT2D eigenvalue weighted by Gasteiger charge is -2.11. The lowest BCUT2D eigenvalue weighted by Crippen LogP contribution is -2.29. The number of alkyl halides is 3. The maximum absolute atomic E-state index is 13.2. The summed E-state index contributed by atoms with van der Waals surface area (Å²) in [5.74, 6) is -16.7. The van der Waals surface area contributed by atoms with E-state index in [2.05, 4.69) is 4.74 Å². The topological polar surface area (TPSA) is 80.7 Å². The van der Waals surface area contributed by atoms with Gasteiger partial charge in [0.25, 0.3) is 0 Å². The smallest absolute Gasteiger partial charge is 0.413 e. The van der Waals surface area contributed by atoms with E-state index in [9.17, 15) is 43.9 Å². The van der Waals surface area contributed by atoms with E-state index in [4.69, 9.17) is 4.55 Å². The van der Waals surface area contributed by atoms with Crippen LogP contribution in [0, 0.1) is 23.3 Å². The highest BCUT2D eigenvalue weighted by molar-refractivity contribution is 7.85. The molecule has 0 fully saturated rings. The first-order valence-electron chi connectivity index (χ1n) is 4.41. The zero-order chi connectivity index (χ0) is 16.7. The second kappa shape index (κ2) is 5.14. The molecule has 0 heterocycles. The molecular formula is C8HF7O5S. The van der Waals surface area contributed by atoms with Crippen molar-refractivity contribution in [1.29, 1.82) is 0 Å². The highest BCUT2D eigenvalue weighted by Crippen LogP contribution is 2.33. The summed E-state index contributed by atoms with van der Waals surface area (Å²) in [5.41, 5.74) is 0. The van der Waals surface area contributed by atoms with Crippen molar-refractivity contribution in [1.82, 2.24) is 0 Å². The summed E-state index contributed by atoms with van der Waals surface area (Å²) in [6, 6.07) is 0. The van der Waals surface area contributed by atoms with E-state index < -0.39 is 56.2 Å². The average Bonchev–Trinajstić information content (AvgIpc) is 2.29. The Kier molecular flexibility index (Phi) is 4.20. The van der Waals surface area contributed by atoms with E-state index in [1.807, 2.05) is 0 Å². The molecule has 1 N–H and O–H groups in total. The van der Waals surface area contributed by atoms with Crippen LogP contribution in [-0.2, 0) is 14.9 Å². The van der Waals surface area contributed by atoms with Crippen LogP contribution in [0.5, 0.6) is 5.75 Å². The van der Waals surface area contributed by atoms with Gasteiger partial charge in [0.1, 0.15) is 0 Å². The summed E-state index contributed by atoms with van der Waals surface area (Å²) in [7, 11) is -5.78. The quantitative estimate of drug-likeness (QED) is 0.292. The highest BCUT2D eigenvalue weighted by atomic mass is 32.2. The third-order valence-electron chi connectivity index (χ3n) is 1.87. The third-order valence-corrected chi connectivity index (χ3v) is 2.74. The van der Waals surface area contributed by atoms with Gasteiger partial charge in [-0.25, -0.2) is 13.6 Å². The maximum Gasteiger partial charge on any atom is 0.491 e. The molecule has 5 nitrogen and oxygen atoms in total. The fourth-order valence-electron chi connectivity index (χ4n) is 1.06. The molecule has 0 aromatic heterocycles. The van der Waals surface area contributed by atoms with Crippen molar-refractivity contribution in [2.45, 2.75) is 11.1 Å². The molecule has 0 amide bonds. The summed E-state index contributed by atoms with van der Waals surface area (Å²) >= 11 is 0. The Morgan fingerprint density at radius 2 is 1.33 bits per heavy atom. The molecule has 0 unspecified atom stereocenters. The van der Waals surface area contributed by atoms with Crippen LogP contribution < -0.4 is 4.74 Å². The Morgan fingerprint density at radius 1 is 0.952 bits per heavy atom. The first-order chi connectivity index (χ1) is 9.28. The molecule has 1 aromatic carbocycles. The van der Waals surface area contributed by atoms with Crippen molar-refractivity contribution in [2.24, 2.45) is 0 Å². The standard InChI is InChI=1S/C8HF7O5S/c9-1-3(11)6(21(17,18)19)4(12)2(10)5(1)20-7(16)8(13,14)15/h(H,17,18,19). The number of esters is 1. The molecule has 0 aliphatic rings. The van der Waals surface area contributed by atoms with Gasteiger partial charge in [-0.05, 0) is 0 Å². The van der Waals surface area contributed by atoms with Crippen molar-refractivity contribution in [3.05, 3.63) is 23.3 Å². The number of carbonyl (C=O) groups is 1. The van der Waals surface area contributed by atoms with Gasteiger partial charge in [-0.2, -0.15) is 30.4 Å². The van der Waals surface area contributed by atoms with Crippen LogP contribution >= 0.6 is 0 Å². The molecule has 1 aromatic rings. The van der Waals surface area contributed by atoms with E-state index >= 15 is 0 Å². The molecule has 0 bridgehead atoms. The average molecular weight is 342 g/mol. The monoisotopic (exact) mass is 342 g/mol. The van der Waals surface area contributed by atoms with Gasteiger partial charge in [0.15, 0.2) is 16.5 Å². The van der Waals surface area contributed by atoms with Crippen molar-refractivity contribution < 1.29 is 53.2 Å². The molecule has 1 rings (SSSR count). The van der Waals surface area contributed by atoms with Crippen LogP contribution in [-0.4, -0.2) is 25.1 Å². The van der Waals surface area contributed by atoms with Crippen LogP contribution in [0.4, 0.5) is 30.7 Å². The minimum Gasteiger partial charge on any atom is -0.413 e. The predicted octanol–water partition coefficient (Wildman–Crippen LogP) is 1.96. The van der Waals surface area contributed by atoms with Gasteiger partial charge in [0, 0.05) is 0 Å². The Balaban J connectivity index is 3.57. The van der Waals surface area contributed by atoms with Gasteiger partial charge < -0.3 is 4.74 Å². The first-order valence-corrected chi connectivity index (χ1v) is 5.85. The van der Waals surface area contributed by atoms with E-state index in [0.717, 1.165) is 0 Å². The van der Waals surface area contributed by atoms with Crippen LogP contribution in [0.25, 0.3) is 0 Å². The Hall–Kier alpha value is -1.89. The van der Waals surface area contributed by atoms with E-state index in [0.29, 0.717) is 0 Å². The lowest BCUT2D eigenvalue weighted by atomic mass is 10.3. The first kappa shape index (κ1) is 17.2. The summed E-state index contributed by atoms with van der Waals surface area (Å²) in [5, 5.41) is 0. The number of benzene rings is 1. The summed E-state index contributed by atoms with van der Waals surface area (Å²) in [4.78, 5) is 7.87. The molecule has 21 heavy (non-hydrogen) atoms. The van der Waals surface area contributed by atoms with Gasteiger partial charge in [0.2, 0.25) is 17.4 Å². The number of rotatable bonds is 2. The molecule has 0 aliphatic heterocycles. The minimum absolute atomic E-state index is 2.44. The van der Waals surface area contributed by atoms with Gasteiger partial charge in [0.05, 0.1) is 0 Å². The zero-order valence-corrected chi connectivity index (χ0v) is 9.95. The van der Waals surface area contributed by atoms with E-state index in [-0.39, 0.29) is 0 Å². The molecule has 0 atom stereocenters. The van der Waals surface area contributed by atoms with Crippen LogP contribution in [0.1, 0.15) is 0 Å². The Morgan fingerprint density at radius 3 is 1.62 bits per heavy atom. The number of ether oxygens (including phenoxy) is 1. The molecule has 13 heteroatoms. The Bertz CT molecular complexity index is 680. The number of carbonyl (C=O) groups excluding carboxylic acids is 1. The van der Waals surface area contributed by atoms with Crippen LogP contribution in [0.15, 0.2) is 4.90 Å². The third kappa shape index (κ3) is 3.24. The normalized spacial score (nSPS) is 12.4. The second-order valence-electron chi connectivity index (χ2n) is 3.28. The van der Waals surface area contributed by atoms with Crippen molar-refractivity contribution in [2.75, 3.05) is 0 Å². The molecule has 0 saturated heterocycles. The van der Waals surface area contributed by atoms with Crippen molar-refractivity contribution in [3.8, 4) is 5.75 Å². The van der Waals surface area contributed by atoms with Gasteiger partial charge in [-0.3, -0.25) is 4.55 Å². The molecular weight excluding hydrogens is 341 g/mol. The lowest BCUT2D eigenvalue weighted by molar-refractivity contribution is -0.190. The molecule has 0 radical (unpaired) electrons. The molecule has 0 aliphatic carbocycles. The number of halogens is 7. The Labute approximate surface area is 110 Å². The fraction of sp³-hybridized carbons (Fsp3) is 0.125. The SMILES string of the molecule is O=C(Oc1c(F)c(F)c(S(=O)(=O)O)c(F)c1F)C(F)(F)F. The summed E-state index contributed by atoms with van der Waals surface area (Å²) < 4.78 is 121. The van der Waals surface area contributed by atoms with E-state index in [1.165, 1.54) is 0 Å². The van der Waals surface area contributed by atoms with Gasteiger partial charge in [-0.1, -0.05) is 0 Å². The van der Waals surface area contributed by atoms with Crippen LogP contribution in [0.2, 0.25) is 0 Å².